The third-order valence-electron chi connectivity index (χ3n) is 11.5. The molecule has 0 unspecified atom stereocenters. The number of rotatable bonds is 9. The molecule has 8 rings (SSSR count). The minimum Gasteiger partial charge on any atom is -1.00 e. The summed E-state index contributed by atoms with van der Waals surface area (Å²) in [4.78, 5) is 26.4. The van der Waals surface area contributed by atoms with Crippen molar-refractivity contribution in [1.29, 1.82) is 0 Å². The van der Waals surface area contributed by atoms with Gasteiger partial charge in [0, 0.05) is 36.4 Å². The van der Waals surface area contributed by atoms with Crippen molar-refractivity contribution in [2.45, 2.75) is 50.4 Å². The SMILES string of the molecule is C[C@@H](O)[C@H]1C(=O)N2C(C(=O)[O-])=C(CN3Cc4cccc5c(C[N+]67CC[N+](CCCN)(CC6)CC7)ccc(c45)S3(=O)=O)[C@H](C)[C@H]12.[Cl-]. The average molecular weight is 660 g/mol. The Labute approximate surface area is 270 Å². The van der Waals surface area contributed by atoms with E-state index < -0.39 is 45.9 Å². The maximum absolute atomic E-state index is 14.1. The summed E-state index contributed by atoms with van der Waals surface area (Å²) in [5, 5.41) is 24.1. The zero-order chi connectivity index (χ0) is 31.2. The number of aliphatic carboxylic acids is 1. The lowest BCUT2D eigenvalue weighted by Gasteiger charge is -2.55. The molecule has 45 heavy (non-hydrogen) atoms. The molecule has 4 fully saturated rings. The van der Waals surface area contributed by atoms with Gasteiger partial charge in [-0.2, -0.15) is 4.31 Å². The van der Waals surface area contributed by atoms with Crippen LogP contribution in [0.1, 0.15) is 31.4 Å². The second-order valence-corrected chi connectivity index (χ2v) is 15.7. The summed E-state index contributed by atoms with van der Waals surface area (Å²) in [6.07, 6.45) is 0.119. The van der Waals surface area contributed by atoms with Crippen LogP contribution in [-0.2, 0) is 32.7 Å². The van der Waals surface area contributed by atoms with Gasteiger partial charge in [0.2, 0.25) is 15.9 Å². The Morgan fingerprint density at radius 1 is 1.11 bits per heavy atom. The molecule has 1 amide bonds. The van der Waals surface area contributed by atoms with Gasteiger partial charge in [-0.15, -0.1) is 0 Å². The van der Waals surface area contributed by atoms with Gasteiger partial charge in [-0.3, -0.25) is 4.79 Å². The molecule has 2 bridgehead atoms. The van der Waals surface area contributed by atoms with Gasteiger partial charge in [0.15, 0.2) is 0 Å². The first-order chi connectivity index (χ1) is 20.9. The van der Waals surface area contributed by atoms with Crippen LogP contribution in [0, 0.1) is 11.8 Å². The molecule has 6 heterocycles. The number of benzene rings is 2. The van der Waals surface area contributed by atoms with Gasteiger partial charge in [0.1, 0.15) is 45.8 Å². The van der Waals surface area contributed by atoms with E-state index in [4.69, 9.17) is 5.73 Å². The van der Waals surface area contributed by atoms with Crippen molar-refractivity contribution in [1.82, 2.24) is 9.21 Å². The maximum Gasteiger partial charge on any atom is 0.244 e. The smallest absolute Gasteiger partial charge is 0.244 e. The average Bonchev–Trinajstić information content (AvgIpc) is 3.24. The highest BCUT2D eigenvalue weighted by atomic mass is 35.5. The Kier molecular flexibility index (Phi) is 8.12. The third-order valence-corrected chi connectivity index (χ3v) is 13.3. The number of carbonyl (C=O) groups is 2. The number of nitrogens with zero attached hydrogens (tertiary/aromatic N) is 4. The van der Waals surface area contributed by atoms with Crippen LogP contribution in [0.4, 0.5) is 0 Å². The Hall–Kier alpha value is -2.58. The van der Waals surface area contributed by atoms with Crippen LogP contribution in [0.5, 0.6) is 0 Å². The number of β-lactam (4-membered cyclic amide) rings is 1. The molecule has 2 aromatic carbocycles. The molecule has 0 spiro atoms. The largest absolute Gasteiger partial charge is 1.00 e. The number of fused-ring (bicyclic) bond motifs is 4. The summed E-state index contributed by atoms with van der Waals surface area (Å²) < 4.78 is 31.8. The Morgan fingerprint density at radius 2 is 1.78 bits per heavy atom. The molecule has 4 saturated heterocycles. The summed E-state index contributed by atoms with van der Waals surface area (Å²) in [6, 6.07) is 9.11. The maximum atomic E-state index is 14.1. The summed E-state index contributed by atoms with van der Waals surface area (Å²) >= 11 is 0. The third kappa shape index (κ3) is 4.83. The monoisotopic (exact) mass is 659 g/mol. The lowest BCUT2D eigenvalue weighted by molar-refractivity contribution is -1.09. The highest BCUT2D eigenvalue weighted by Crippen LogP contribution is 2.48. The van der Waals surface area contributed by atoms with Crippen molar-refractivity contribution in [3.63, 3.8) is 0 Å². The number of carboxylic acids is 1. The molecule has 11 nitrogen and oxygen atoms in total. The van der Waals surface area contributed by atoms with Crippen molar-refractivity contribution in [2.75, 3.05) is 58.9 Å². The standard InChI is InChI=1S/C32H42N5O6S.ClH/c1-20-25(30(32(40)41)35-29(20)27(21(2)38)31(35)39)18-34-17-22-5-3-6-24-23(7-8-26(28(22)24)44(34,42)43)19-37-14-11-36(12-15-37,13-16-37)10-4-9-33;/h3,5-8,20-21,27,29,38H,4,9-19,33H2,1-2H3;1H/q+1;/p-1/t20-,21+,27+,29+,36?,37?;/m0./s1. The number of hydrogen-bond donors (Lipinski definition) is 2. The number of halogens is 1. The van der Waals surface area contributed by atoms with Crippen LogP contribution in [-0.4, -0.2) is 115 Å². The van der Waals surface area contributed by atoms with Crippen LogP contribution < -0.4 is 23.2 Å². The minimum absolute atomic E-state index is 0. The van der Waals surface area contributed by atoms with E-state index in [0.717, 1.165) is 91.7 Å². The number of carboxylic acid groups (broad SMARTS) is 1. The normalized spacial score (nSPS) is 32.3. The summed E-state index contributed by atoms with van der Waals surface area (Å²) in [5.74, 6) is -3.14. The van der Waals surface area contributed by atoms with Gasteiger partial charge < -0.3 is 47.0 Å². The number of nitrogens with two attached hydrogens (primary N) is 1. The number of hydrogen-bond acceptors (Lipinski definition) is 7. The molecule has 0 aliphatic carbocycles. The zero-order valence-corrected chi connectivity index (χ0v) is 27.4. The number of piperazine rings is 3. The molecule has 0 saturated carbocycles. The summed E-state index contributed by atoms with van der Waals surface area (Å²) in [5.41, 5.74) is 7.93. The first kappa shape index (κ1) is 32.4. The zero-order valence-electron chi connectivity index (χ0n) is 25.8. The second-order valence-electron chi connectivity index (χ2n) is 13.8. The van der Waals surface area contributed by atoms with E-state index in [1.54, 1.807) is 13.0 Å². The number of carbonyl (C=O) groups excluding carboxylic acids is 2. The van der Waals surface area contributed by atoms with Crippen LogP contribution >= 0.6 is 0 Å². The molecular weight excluding hydrogens is 618 g/mol. The van der Waals surface area contributed by atoms with Crippen molar-refractivity contribution in [2.24, 2.45) is 17.6 Å². The fourth-order valence-corrected chi connectivity index (χ4v) is 10.5. The Bertz CT molecular complexity index is 1690. The highest BCUT2D eigenvalue weighted by molar-refractivity contribution is 7.89. The fraction of sp³-hybridized carbons (Fsp3) is 0.562. The molecule has 6 aliphatic heterocycles. The minimum atomic E-state index is -3.97. The molecule has 0 radical (unpaired) electrons. The van der Waals surface area contributed by atoms with Crippen molar-refractivity contribution in [3.05, 3.63) is 52.7 Å². The van der Waals surface area contributed by atoms with Crippen molar-refractivity contribution < 1.29 is 49.6 Å². The number of quaternary nitrogens is 2. The lowest BCUT2D eigenvalue weighted by atomic mass is 9.78. The lowest BCUT2D eigenvalue weighted by Crippen LogP contribution is -3.00. The Morgan fingerprint density at radius 3 is 2.40 bits per heavy atom. The van der Waals surface area contributed by atoms with E-state index in [0.29, 0.717) is 5.57 Å². The summed E-state index contributed by atoms with van der Waals surface area (Å²) in [6.45, 7) is 12.8. The molecule has 2 aromatic rings. The molecule has 0 aromatic heterocycles. The molecule has 3 N–H and O–H groups in total. The van der Waals surface area contributed by atoms with Gasteiger partial charge in [-0.1, -0.05) is 31.2 Å². The first-order valence-corrected chi connectivity index (χ1v) is 17.3. The van der Waals surface area contributed by atoms with E-state index in [-0.39, 0.29) is 36.1 Å². The van der Waals surface area contributed by atoms with E-state index in [1.807, 2.05) is 24.3 Å². The predicted octanol–water partition coefficient (Wildman–Crippen LogP) is -3.28. The molecule has 244 valence electrons. The van der Waals surface area contributed by atoms with Crippen LogP contribution in [0.25, 0.3) is 10.8 Å². The quantitative estimate of drug-likeness (QED) is 0.212. The Balaban J connectivity index is 0.00000357. The topological polar surface area (TPSA) is 144 Å². The van der Waals surface area contributed by atoms with Gasteiger partial charge in [0.05, 0.1) is 41.2 Å². The van der Waals surface area contributed by atoms with Crippen LogP contribution in [0.2, 0.25) is 0 Å². The van der Waals surface area contributed by atoms with E-state index in [1.165, 1.54) is 20.6 Å². The second kappa shape index (κ2) is 11.3. The fourth-order valence-electron chi connectivity index (χ4n) is 8.88. The number of aliphatic hydroxyl groups is 1. The van der Waals surface area contributed by atoms with Gasteiger partial charge in [-0.05, 0) is 36.1 Å². The van der Waals surface area contributed by atoms with E-state index >= 15 is 0 Å². The first-order valence-electron chi connectivity index (χ1n) is 15.8. The van der Waals surface area contributed by atoms with Gasteiger partial charge >= 0.3 is 0 Å². The summed E-state index contributed by atoms with van der Waals surface area (Å²) in [7, 11) is -3.97. The molecule has 6 aliphatic rings. The number of sulfonamides is 1. The van der Waals surface area contributed by atoms with Gasteiger partial charge in [-0.25, -0.2) is 8.42 Å². The van der Waals surface area contributed by atoms with E-state index in [2.05, 4.69) is 0 Å². The highest BCUT2D eigenvalue weighted by Gasteiger charge is 2.59. The predicted molar refractivity (Wildman–Crippen MR) is 161 cm³/mol. The van der Waals surface area contributed by atoms with E-state index in [9.17, 15) is 28.2 Å². The van der Waals surface area contributed by atoms with Crippen molar-refractivity contribution in [3.8, 4) is 0 Å². The van der Waals surface area contributed by atoms with Crippen LogP contribution in [0.15, 0.2) is 46.5 Å². The number of aliphatic hydroxyl groups excluding tert-OH is 1. The van der Waals surface area contributed by atoms with Crippen LogP contribution in [0.3, 0.4) is 0 Å². The van der Waals surface area contributed by atoms with Crippen molar-refractivity contribution >= 4 is 32.7 Å². The molecule has 4 atom stereocenters. The molecule has 13 heteroatoms. The number of amides is 1. The molecular formula is C32H42ClN5O6S. The van der Waals surface area contributed by atoms with Gasteiger partial charge in [0.25, 0.3) is 0 Å².